The molecule has 0 atom stereocenters. The van der Waals surface area contributed by atoms with Crippen molar-refractivity contribution in [3.63, 3.8) is 0 Å². The molecule has 1 nitrogen and oxygen atoms in total. The molecule has 0 amide bonds. The van der Waals surface area contributed by atoms with E-state index in [4.69, 9.17) is 0 Å². The van der Waals surface area contributed by atoms with Gasteiger partial charge in [-0.3, -0.25) is 0 Å². The van der Waals surface area contributed by atoms with Gasteiger partial charge in [0.15, 0.2) is 0 Å². The van der Waals surface area contributed by atoms with Gasteiger partial charge >= 0.3 is 0 Å². The van der Waals surface area contributed by atoms with Crippen molar-refractivity contribution in [2.45, 2.75) is 20.3 Å². The van der Waals surface area contributed by atoms with Gasteiger partial charge in [-0.1, -0.05) is 13.8 Å². The van der Waals surface area contributed by atoms with Crippen LogP contribution < -0.4 is 0 Å². The summed E-state index contributed by atoms with van der Waals surface area (Å²) in [4.78, 5) is 2.22. The predicted molar refractivity (Wildman–Crippen MR) is 52.9 cm³/mol. The Morgan fingerprint density at radius 2 is 1.70 bits per heavy atom. The van der Waals surface area contributed by atoms with Crippen LogP contribution in [-0.4, -0.2) is 37.5 Å². The number of thioether (sulfide) groups is 1. The highest BCUT2D eigenvalue weighted by Crippen LogP contribution is 1.94. The van der Waals surface area contributed by atoms with E-state index in [-0.39, 0.29) is 0 Å². The molecule has 0 radical (unpaired) electrons. The molecule has 0 aromatic heterocycles. The molecule has 0 spiro atoms. The maximum Gasteiger partial charge on any atom is -0.00170 e. The van der Waals surface area contributed by atoms with Crippen LogP contribution in [0.2, 0.25) is 0 Å². The van der Waals surface area contributed by atoms with Gasteiger partial charge in [0.1, 0.15) is 0 Å². The summed E-state index contributed by atoms with van der Waals surface area (Å²) in [6.45, 7) is 5.22. The summed E-state index contributed by atoms with van der Waals surface area (Å²) in [5.41, 5.74) is 0. The predicted octanol–water partition coefficient (Wildman–Crippen LogP) is 2.33. The molecule has 0 saturated carbocycles. The van der Waals surface area contributed by atoms with Crippen molar-refractivity contribution in [3.8, 4) is 0 Å². The van der Waals surface area contributed by atoms with Crippen molar-refractivity contribution in [1.82, 2.24) is 4.90 Å². The van der Waals surface area contributed by atoms with Crippen LogP contribution in [-0.2, 0) is 0 Å². The molecule has 0 saturated heterocycles. The highest BCUT2D eigenvalue weighted by molar-refractivity contribution is 7.98. The molecule has 0 aliphatic carbocycles. The van der Waals surface area contributed by atoms with Crippen LogP contribution >= 0.6 is 11.8 Å². The molecule has 0 fully saturated rings. The monoisotopic (exact) mass is 163 g/mol. The van der Waals surface area contributed by atoms with Crippen molar-refractivity contribution < 1.29 is 0 Å². The Kier molecular flexibility index (Phi) is 15.6. The van der Waals surface area contributed by atoms with Gasteiger partial charge in [-0.05, 0) is 39.1 Å². The second-order valence-electron chi connectivity index (χ2n) is 2.15. The molecule has 0 rings (SSSR count). The van der Waals surface area contributed by atoms with Gasteiger partial charge in [-0.2, -0.15) is 11.8 Å². The van der Waals surface area contributed by atoms with Crippen LogP contribution in [0, 0.1) is 0 Å². The molecule has 0 N–H and O–H groups in total. The lowest BCUT2D eigenvalue weighted by molar-refractivity contribution is 0.410. The van der Waals surface area contributed by atoms with Crippen molar-refractivity contribution in [2.75, 3.05) is 32.6 Å². The number of hydrogen-bond acceptors (Lipinski definition) is 2. The largest absolute Gasteiger partial charge is 0.309 e. The van der Waals surface area contributed by atoms with Crippen LogP contribution in [0.1, 0.15) is 20.3 Å². The summed E-state index contributed by atoms with van der Waals surface area (Å²) in [5, 5.41) is 0. The van der Waals surface area contributed by atoms with Gasteiger partial charge in [-0.25, -0.2) is 0 Å². The summed E-state index contributed by atoms with van der Waals surface area (Å²) in [5.74, 6) is 1.29. The van der Waals surface area contributed by atoms with Crippen molar-refractivity contribution in [1.29, 1.82) is 0 Å². The minimum absolute atomic E-state index is 1.22. The fourth-order valence-electron chi connectivity index (χ4n) is 0.525. The molecule has 0 aromatic rings. The standard InChI is InChI=1S/C6H15NS.C2H6/c1-7(2)5-4-6-8-3;1-2/h4-6H2,1-3H3;1-2H3. The fraction of sp³-hybridized carbons (Fsp3) is 1.00. The first kappa shape index (κ1) is 12.9. The van der Waals surface area contributed by atoms with E-state index in [1.807, 2.05) is 25.6 Å². The van der Waals surface area contributed by atoms with Crippen LogP contribution in [0.4, 0.5) is 0 Å². The number of rotatable bonds is 4. The first-order chi connectivity index (χ1) is 4.77. The Labute approximate surface area is 70.2 Å². The van der Waals surface area contributed by atoms with Gasteiger partial charge in [-0.15, -0.1) is 0 Å². The molecule has 64 valence electrons. The molecular formula is C8H21NS. The van der Waals surface area contributed by atoms with Gasteiger partial charge < -0.3 is 4.90 Å². The molecule has 0 aromatic carbocycles. The van der Waals surface area contributed by atoms with Crippen molar-refractivity contribution in [2.24, 2.45) is 0 Å². The van der Waals surface area contributed by atoms with Gasteiger partial charge in [0.25, 0.3) is 0 Å². The zero-order valence-electron chi connectivity index (χ0n) is 7.98. The zero-order chi connectivity index (χ0) is 8.41. The first-order valence-electron chi connectivity index (χ1n) is 3.91. The van der Waals surface area contributed by atoms with Crippen LogP contribution in [0.25, 0.3) is 0 Å². The number of nitrogens with zero attached hydrogens (tertiary/aromatic N) is 1. The van der Waals surface area contributed by atoms with Crippen LogP contribution in [0.15, 0.2) is 0 Å². The fourth-order valence-corrected chi connectivity index (χ4v) is 0.943. The maximum absolute atomic E-state index is 2.22. The lowest BCUT2D eigenvalue weighted by Crippen LogP contribution is -2.13. The van der Waals surface area contributed by atoms with Crippen LogP contribution in [0.3, 0.4) is 0 Å². The Morgan fingerprint density at radius 1 is 1.20 bits per heavy atom. The van der Waals surface area contributed by atoms with Gasteiger partial charge in [0.2, 0.25) is 0 Å². The highest BCUT2D eigenvalue weighted by Gasteiger charge is 1.86. The third-order valence-electron chi connectivity index (χ3n) is 0.954. The van der Waals surface area contributed by atoms with Crippen molar-refractivity contribution >= 4 is 11.8 Å². The van der Waals surface area contributed by atoms with Gasteiger partial charge in [0.05, 0.1) is 0 Å². The van der Waals surface area contributed by atoms with Crippen LogP contribution in [0.5, 0.6) is 0 Å². The smallest absolute Gasteiger partial charge is 0.00170 e. The first-order valence-corrected chi connectivity index (χ1v) is 5.30. The Bertz CT molecular complexity index is 46.5. The molecule has 2 heteroatoms. The average molecular weight is 163 g/mol. The number of hydrogen-bond donors (Lipinski definition) is 0. The van der Waals surface area contributed by atoms with Gasteiger partial charge in [0, 0.05) is 0 Å². The molecule has 0 unspecified atom stereocenters. The second-order valence-corrected chi connectivity index (χ2v) is 3.14. The molecule has 0 heterocycles. The normalized spacial score (nSPS) is 9.00. The highest BCUT2D eigenvalue weighted by atomic mass is 32.2. The molecular weight excluding hydrogens is 142 g/mol. The molecule has 10 heavy (non-hydrogen) atoms. The summed E-state index contributed by atoms with van der Waals surface area (Å²) in [6, 6.07) is 0. The average Bonchev–Trinajstić information content (AvgIpc) is 1.92. The van der Waals surface area contributed by atoms with E-state index in [2.05, 4.69) is 25.3 Å². The topological polar surface area (TPSA) is 3.24 Å². The van der Waals surface area contributed by atoms with E-state index in [1.165, 1.54) is 18.7 Å². The van der Waals surface area contributed by atoms with E-state index in [9.17, 15) is 0 Å². The molecule has 0 aliphatic rings. The quantitative estimate of drug-likeness (QED) is 0.585. The van der Waals surface area contributed by atoms with E-state index >= 15 is 0 Å². The Morgan fingerprint density at radius 3 is 2.00 bits per heavy atom. The minimum atomic E-state index is 1.22. The van der Waals surface area contributed by atoms with Crippen molar-refractivity contribution in [3.05, 3.63) is 0 Å². The molecule has 0 bridgehead atoms. The summed E-state index contributed by atoms with van der Waals surface area (Å²) >= 11 is 1.92. The molecule has 0 aliphatic heterocycles. The second kappa shape index (κ2) is 12.0. The lowest BCUT2D eigenvalue weighted by atomic mass is 10.5. The SMILES string of the molecule is CC.CSCCCN(C)C. The minimum Gasteiger partial charge on any atom is -0.309 e. The summed E-state index contributed by atoms with van der Waals surface area (Å²) in [7, 11) is 4.22. The van der Waals surface area contributed by atoms with E-state index in [0.29, 0.717) is 0 Å². The Hall–Kier alpha value is 0.310. The lowest BCUT2D eigenvalue weighted by Gasteiger charge is -2.06. The van der Waals surface area contributed by atoms with E-state index < -0.39 is 0 Å². The summed E-state index contributed by atoms with van der Waals surface area (Å²) < 4.78 is 0. The third-order valence-corrected chi connectivity index (χ3v) is 1.65. The Balaban J connectivity index is 0. The maximum atomic E-state index is 2.22. The van der Waals surface area contributed by atoms with E-state index in [1.54, 1.807) is 0 Å². The third kappa shape index (κ3) is 15.7. The zero-order valence-corrected chi connectivity index (χ0v) is 8.79. The summed E-state index contributed by atoms with van der Waals surface area (Å²) in [6.07, 6.45) is 3.46. The van der Waals surface area contributed by atoms with E-state index in [0.717, 1.165) is 0 Å².